The Kier molecular flexibility index (Phi) is 7.14. The number of piperidine rings is 1. The Balaban J connectivity index is 1.27. The fraction of sp³-hybridized carbons (Fsp3) is 0.654. The lowest BCUT2D eigenvalue weighted by Crippen LogP contribution is -2.39. The molecule has 1 atom stereocenters. The highest BCUT2D eigenvalue weighted by Gasteiger charge is 2.27. The van der Waals surface area contributed by atoms with Crippen molar-refractivity contribution in [3.8, 4) is 11.3 Å². The van der Waals surface area contributed by atoms with E-state index in [0.29, 0.717) is 24.4 Å². The van der Waals surface area contributed by atoms with Crippen molar-refractivity contribution in [2.45, 2.75) is 83.7 Å². The second kappa shape index (κ2) is 10.00. The number of likely N-dealkylation sites (tertiary alicyclic amines) is 1. The van der Waals surface area contributed by atoms with Gasteiger partial charge >= 0.3 is 0 Å². The molecule has 4 rings (SSSR count). The van der Waals surface area contributed by atoms with Gasteiger partial charge in [-0.25, -0.2) is 0 Å². The molecule has 1 saturated heterocycles. The van der Waals surface area contributed by atoms with Crippen LogP contribution in [0.1, 0.15) is 83.2 Å². The van der Waals surface area contributed by atoms with E-state index in [9.17, 15) is 4.79 Å². The molecule has 2 heterocycles. The van der Waals surface area contributed by atoms with Crippen LogP contribution >= 0.6 is 0 Å². The van der Waals surface area contributed by atoms with Crippen molar-refractivity contribution in [1.29, 1.82) is 0 Å². The van der Waals surface area contributed by atoms with Crippen LogP contribution in [0.3, 0.4) is 0 Å². The third-order valence-corrected chi connectivity index (χ3v) is 7.08. The van der Waals surface area contributed by atoms with Gasteiger partial charge in [0.2, 0.25) is 5.91 Å². The molecule has 1 N–H and O–H groups in total. The van der Waals surface area contributed by atoms with Crippen LogP contribution in [-0.2, 0) is 4.79 Å². The average molecular weight is 411 g/mol. The molecule has 2 aliphatic carbocycles. The van der Waals surface area contributed by atoms with Gasteiger partial charge in [0.05, 0.1) is 6.26 Å². The van der Waals surface area contributed by atoms with E-state index in [1.54, 1.807) is 0 Å². The predicted molar refractivity (Wildman–Crippen MR) is 121 cm³/mol. The summed E-state index contributed by atoms with van der Waals surface area (Å²) in [7, 11) is 0. The topological polar surface area (TPSA) is 45.5 Å². The van der Waals surface area contributed by atoms with Gasteiger partial charge in [-0.1, -0.05) is 32.4 Å². The van der Waals surface area contributed by atoms with Gasteiger partial charge in [-0.05, 0) is 82.0 Å². The highest BCUT2D eigenvalue weighted by atomic mass is 16.3. The summed E-state index contributed by atoms with van der Waals surface area (Å²) < 4.78 is 5.89. The number of hydrogen-bond acceptors (Lipinski definition) is 3. The maximum absolute atomic E-state index is 12.0. The van der Waals surface area contributed by atoms with Crippen LogP contribution in [0.5, 0.6) is 0 Å². The quantitative estimate of drug-likeness (QED) is 0.607. The maximum atomic E-state index is 12.0. The summed E-state index contributed by atoms with van der Waals surface area (Å²) in [6, 6.07) is 9.47. The molecule has 0 bridgehead atoms. The Hall–Kier alpha value is -1.81. The number of rotatable bonds is 7. The SMILES string of the molecule is CC(C)CC(=O)N[C@H]1CC[C@H](CCN2CCCCC2c2coc3cccc-3c2)CC1. The van der Waals surface area contributed by atoms with Crippen LogP contribution in [0, 0.1) is 11.8 Å². The monoisotopic (exact) mass is 410 g/mol. The van der Waals surface area contributed by atoms with Crippen molar-refractivity contribution >= 4 is 5.91 Å². The third-order valence-electron chi connectivity index (χ3n) is 7.08. The third kappa shape index (κ3) is 5.46. The summed E-state index contributed by atoms with van der Waals surface area (Å²) in [6.07, 6.45) is 12.5. The number of fused-ring (bicyclic) bond motifs is 1. The highest BCUT2D eigenvalue weighted by molar-refractivity contribution is 5.76. The minimum Gasteiger partial charge on any atom is -0.464 e. The number of amides is 1. The van der Waals surface area contributed by atoms with Crippen molar-refractivity contribution in [2.75, 3.05) is 13.1 Å². The Bertz CT molecular complexity index is 775. The fourth-order valence-electron chi connectivity index (χ4n) is 5.40. The molecular weight excluding hydrogens is 372 g/mol. The standard InChI is InChI=1S/C26H38N2O2/c1-19(2)16-26(29)27-23-11-9-20(10-12-23)13-15-28-14-4-3-7-24(28)22-17-21-6-5-8-25(21)30-18-22/h5-6,8,17-20,23-24H,3-4,7,9-16H2,1-2H3,(H,27,29)/t20-,23-,24?. The summed E-state index contributed by atoms with van der Waals surface area (Å²) in [5.41, 5.74) is 2.56. The molecular formula is C26H38N2O2. The number of nitrogens with one attached hydrogen (secondary N) is 1. The van der Waals surface area contributed by atoms with E-state index in [-0.39, 0.29) is 5.91 Å². The Labute approximate surface area is 181 Å². The van der Waals surface area contributed by atoms with Gasteiger partial charge in [-0.2, -0.15) is 0 Å². The molecule has 2 fully saturated rings. The van der Waals surface area contributed by atoms with Crippen molar-refractivity contribution in [3.63, 3.8) is 0 Å². The maximum Gasteiger partial charge on any atom is 0.220 e. The van der Waals surface area contributed by atoms with Gasteiger partial charge in [0.1, 0.15) is 5.76 Å². The van der Waals surface area contributed by atoms with Crippen molar-refractivity contribution in [3.05, 3.63) is 36.1 Å². The van der Waals surface area contributed by atoms with Gasteiger partial charge < -0.3 is 9.73 Å². The first-order valence-electron chi connectivity index (χ1n) is 12.1. The van der Waals surface area contributed by atoms with Crippen molar-refractivity contribution < 1.29 is 9.21 Å². The lowest BCUT2D eigenvalue weighted by molar-refractivity contribution is -0.122. The number of carbonyl (C=O) groups is 1. The van der Waals surface area contributed by atoms with Crippen LogP contribution < -0.4 is 5.32 Å². The van der Waals surface area contributed by atoms with E-state index in [4.69, 9.17) is 4.42 Å². The van der Waals surface area contributed by atoms with Crippen LogP contribution in [0.4, 0.5) is 0 Å². The second-order valence-corrected chi connectivity index (χ2v) is 9.94. The van der Waals surface area contributed by atoms with E-state index >= 15 is 0 Å². The zero-order valence-corrected chi connectivity index (χ0v) is 18.7. The molecule has 4 nitrogen and oxygen atoms in total. The fourth-order valence-corrected chi connectivity index (χ4v) is 5.40. The summed E-state index contributed by atoms with van der Waals surface area (Å²) in [5.74, 6) is 2.45. The van der Waals surface area contributed by atoms with E-state index < -0.39 is 0 Å². The van der Waals surface area contributed by atoms with Gasteiger partial charge in [-0.3, -0.25) is 9.69 Å². The van der Waals surface area contributed by atoms with Crippen LogP contribution in [-0.4, -0.2) is 29.9 Å². The average Bonchev–Trinajstić information content (AvgIpc) is 3.21. The van der Waals surface area contributed by atoms with E-state index in [1.807, 2.05) is 12.3 Å². The molecule has 0 aromatic rings. The van der Waals surface area contributed by atoms with Crippen LogP contribution in [0.25, 0.3) is 11.3 Å². The van der Waals surface area contributed by atoms with Gasteiger partial charge in [0.25, 0.3) is 0 Å². The minimum atomic E-state index is 0.233. The number of nitrogens with zero attached hydrogens (tertiary/aromatic N) is 1. The molecule has 164 valence electrons. The van der Waals surface area contributed by atoms with Crippen molar-refractivity contribution in [2.24, 2.45) is 11.8 Å². The number of hydrogen-bond donors (Lipinski definition) is 1. The Morgan fingerprint density at radius 1 is 1.17 bits per heavy atom. The summed E-state index contributed by atoms with van der Waals surface area (Å²) in [5, 5.41) is 3.26. The summed E-state index contributed by atoms with van der Waals surface area (Å²) in [4.78, 5) is 14.7. The molecule has 0 radical (unpaired) electrons. The molecule has 0 spiro atoms. The molecule has 30 heavy (non-hydrogen) atoms. The van der Waals surface area contributed by atoms with Gasteiger partial charge in [-0.15, -0.1) is 0 Å². The molecule has 1 unspecified atom stereocenters. The molecule has 4 aliphatic rings. The largest absolute Gasteiger partial charge is 0.464 e. The van der Waals surface area contributed by atoms with Crippen LogP contribution in [0.15, 0.2) is 34.9 Å². The van der Waals surface area contributed by atoms with Crippen molar-refractivity contribution in [1.82, 2.24) is 10.2 Å². The van der Waals surface area contributed by atoms with Gasteiger partial charge in [0, 0.05) is 29.6 Å². The normalized spacial score (nSPS) is 25.6. The number of carbonyl (C=O) groups excluding carboxylic acids is 1. The molecule has 1 amide bonds. The van der Waals surface area contributed by atoms with Crippen LogP contribution in [0.2, 0.25) is 0 Å². The molecule has 2 aliphatic heterocycles. The molecule has 4 heteroatoms. The first-order chi connectivity index (χ1) is 14.6. The molecule has 0 aromatic heterocycles. The minimum absolute atomic E-state index is 0.233. The van der Waals surface area contributed by atoms with E-state index in [0.717, 1.165) is 24.5 Å². The Morgan fingerprint density at radius 3 is 2.80 bits per heavy atom. The first-order valence-corrected chi connectivity index (χ1v) is 12.1. The first kappa shape index (κ1) is 21.4. The molecule has 1 saturated carbocycles. The van der Waals surface area contributed by atoms with Gasteiger partial charge in [0.15, 0.2) is 0 Å². The van der Waals surface area contributed by atoms with E-state index in [2.05, 4.69) is 42.3 Å². The second-order valence-electron chi connectivity index (χ2n) is 9.94. The van der Waals surface area contributed by atoms with E-state index in [1.165, 1.54) is 62.7 Å². The lowest BCUT2D eigenvalue weighted by Gasteiger charge is -2.37. The Morgan fingerprint density at radius 2 is 2.00 bits per heavy atom. The zero-order chi connectivity index (χ0) is 20.9. The summed E-state index contributed by atoms with van der Waals surface area (Å²) in [6.45, 7) is 6.59. The predicted octanol–water partition coefficient (Wildman–Crippen LogP) is 6.02. The lowest BCUT2D eigenvalue weighted by atomic mass is 9.83. The highest BCUT2D eigenvalue weighted by Crippen LogP contribution is 2.36. The zero-order valence-electron chi connectivity index (χ0n) is 18.7. The smallest absolute Gasteiger partial charge is 0.220 e. The molecule has 0 aromatic carbocycles. The summed E-state index contributed by atoms with van der Waals surface area (Å²) >= 11 is 0.